The van der Waals surface area contributed by atoms with Gasteiger partial charge in [-0.3, -0.25) is 4.79 Å². The van der Waals surface area contributed by atoms with Crippen LogP contribution >= 0.6 is 0 Å². The van der Waals surface area contributed by atoms with Gasteiger partial charge in [-0.15, -0.1) is 0 Å². The smallest absolute Gasteiger partial charge is 0.277 e. The van der Waals surface area contributed by atoms with E-state index in [1.807, 2.05) is 12.1 Å². The van der Waals surface area contributed by atoms with Crippen molar-refractivity contribution < 1.29 is 19.7 Å². The van der Waals surface area contributed by atoms with Crippen molar-refractivity contribution in [1.82, 2.24) is 19.6 Å². The summed E-state index contributed by atoms with van der Waals surface area (Å²) in [7, 11) is 0. The van der Waals surface area contributed by atoms with Gasteiger partial charge in [0.25, 0.3) is 5.91 Å². The molecule has 0 saturated carbocycles. The van der Waals surface area contributed by atoms with E-state index in [1.165, 1.54) is 10.7 Å². The van der Waals surface area contributed by atoms with Crippen molar-refractivity contribution in [2.45, 2.75) is 6.10 Å². The predicted molar refractivity (Wildman–Crippen MR) is 109 cm³/mol. The van der Waals surface area contributed by atoms with Crippen molar-refractivity contribution in [3.05, 3.63) is 72.7 Å². The minimum atomic E-state index is -0.982. The second-order valence-electron chi connectivity index (χ2n) is 6.44. The van der Waals surface area contributed by atoms with Gasteiger partial charge in [0.05, 0.1) is 18.5 Å². The molecule has 1 aromatic carbocycles. The Labute approximate surface area is 171 Å². The van der Waals surface area contributed by atoms with Crippen molar-refractivity contribution >= 4 is 17.4 Å². The average molecular weight is 405 g/mol. The highest BCUT2D eigenvalue weighted by atomic mass is 16.5. The van der Waals surface area contributed by atoms with Gasteiger partial charge in [0.1, 0.15) is 24.3 Å². The standard InChI is InChI=1S/C21H19N5O4/c27-12-14(28)13-30-18-6-2-1-5-15(18)16-8-9-20-23-11-17(26(20)25-16)21(29)24-19-7-3-4-10-22-19/h1-11,14,27-28H,12-13H2,(H,22,24,29)/t14-/m1/s1. The fourth-order valence-electron chi connectivity index (χ4n) is 2.83. The van der Waals surface area contributed by atoms with Crippen LogP contribution in [0, 0.1) is 0 Å². The molecule has 3 aromatic heterocycles. The molecule has 0 unspecified atom stereocenters. The molecule has 0 bridgehead atoms. The molecule has 0 radical (unpaired) electrons. The molecule has 0 spiro atoms. The van der Waals surface area contributed by atoms with E-state index in [0.29, 0.717) is 28.5 Å². The molecular weight excluding hydrogens is 386 g/mol. The molecule has 152 valence electrons. The normalized spacial score (nSPS) is 11.9. The van der Waals surface area contributed by atoms with Crippen LogP contribution < -0.4 is 10.1 Å². The number of nitrogens with one attached hydrogen (secondary N) is 1. The Kier molecular flexibility index (Phi) is 5.64. The van der Waals surface area contributed by atoms with Crippen molar-refractivity contribution in [3.8, 4) is 17.0 Å². The lowest BCUT2D eigenvalue weighted by Gasteiger charge is -2.13. The van der Waals surface area contributed by atoms with Crippen molar-refractivity contribution in [3.63, 3.8) is 0 Å². The lowest BCUT2D eigenvalue weighted by Crippen LogP contribution is -2.21. The van der Waals surface area contributed by atoms with Crippen LogP contribution in [0.5, 0.6) is 5.75 Å². The third kappa shape index (κ3) is 4.12. The Balaban J connectivity index is 1.66. The van der Waals surface area contributed by atoms with Crippen LogP contribution in [0.15, 0.2) is 67.0 Å². The summed E-state index contributed by atoms with van der Waals surface area (Å²) in [4.78, 5) is 21.0. The molecule has 9 heteroatoms. The zero-order valence-electron chi connectivity index (χ0n) is 15.8. The van der Waals surface area contributed by atoms with Crippen LogP contribution in [-0.2, 0) is 0 Å². The van der Waals surface area contributed by atoms with E-state index < -0.39 is 12.7 Å². The molecule has 1 amide bonds. The molecular formula is C21H19N5O4. The molecule has 0 aliphatic rings. The van der Waals surface area contributed by atoms with Crippen LogP contribution in [0.4, 0.5) is 5.82 Å². The first-order valence-electron chi connectivity index (χ1n) is 9.24. The Hall–Kier alpha value is -3.82. The molecule has 1 atom stereocenters. The third-order valence-electron chi connectivity index (χ3n) is 4.31. The van der Waals surface area contributed by atoms with Gasteiger partial charge >= 0.3 is 0 Å². The average Bonchev–Trinajstić information content (AvgIpc) is 3.21. The maximum absolute atomic E-state index is 12.7. The number of aliphatic hydroxyl groups excluding tert-OH is 2. The number of aromatic nitrogens is 4. The van der Waals surface area contributed by atoms with Crippen molar-refractivity contribution in [2.24, 2.45) is 0 Å². The van der Waals surface area contributed by atoms with Crippen LogP contribution in [0.25, 0.3) is 16.9 Å². The van der Waals surface area contributed by atoms with E-state index in [0.717, 1.165) is 0 Å². The SMILES string of the molecule is O=C(Nc1ccccn1)c1cnc2ccc(-c3ccccc3OC[C@H](O)CO)nn12. The molecule has 0 fully saturated rings. The molecule has 4 aromatic rings. The minimum absolute atomic E-state index is 0.0570. The van der Waals surface area contributed by atoms with Gasteiger partial charge in [0, 0.05) is 11.8 Å². The van der Waals surface area contributed by atoms with Crippen LogP contribution in [0.1, 0.15) is 10.5 Å². The molecule has 3 heterocycles. The number of carbonyl (C=O) groups is 1. The Bertz CT molecular complexity index is 1160. The fourth-order valence-corrected chi connectivity index (χ4v) is 2.83. The zero-order chi connectivity index (χ0) is 20.9. The first kappa shape index (κ1) is 19.5. The van der Waals surface area contributed by atoms with Crippen molar-refractivity contribution in [2.75, 3.05) is 18.5 Å². The first-order valence-corrected chi connectivity index (χ1v) is 9.24. The number of anilines is 1. The number of ether oxygens (including phenoxy) is 1. The number of benzene rings is 1. The molecule has 0 saturated heterocycles. The Morgan fingerprint density at radius 3 is 2.73 bits per heavy atom. The molecule has 3 N–H and O–H groups in total. The van der Waals surface area contributed by atoms with Crippen LogP contribution in [-0.4, -0.2) is 55.0 Å². The quantitative estimate of drug-likeness (QED) is 0.428. The van der Waals surface area contributed by atoms with E-state index >= 15 is 0 Å². The minimum Gasteiger partial charge on any atom is -0.490 e. The third-order valence-corrected chi connectivity index (χ3v) is 4.31. The summed E-state index contributed by atoms with van der Waals surface area (Å²) in [6.45, 7) is -0.450. The van der Waals surface area contributed by atoms with Gasteiger partial charge in [-0.05, 0) is 36.4 Å². The first-order chi connectivity index (χ1) is 14.7. The number of para-hydroxylation sites is 1. The van der Waals surface area contributed by atoms with E-state index in [4.69, 9.17) is 9.84 Å². The van der Waals surface area contributed by atoms with Gasteiger partial charge in [0.15, 0.2) is 11.3 Å². The lowest BCUT2D eigenvalue weighted by atomic mass is 10.1. The number of hydrogen-bond acceptors (Lipinski definition) is 7. The largest absolute Gasteiger partial charge is 0.490 e. The maximum atomic E-state index is 12.7. The summed E-state index contributed by atoms with van der Waals surface area (Å²) in [5, 5.41) is 25.8. The van der Waals surface area contributed by atoms with Gasteiger partial charge in [-0.25, -0.2) is 14.5 Å². The number of nitrogens with zero attached hydrogens (tertiary/aromatic N) is 4. The summed E-state index contributed by atoms with van der Waals surface area (Å²) >= 11 is 0. The van der Waals surface area contributed by atoms with Crippen LogP contribution in [0.2, 0.25) is 0 Å². The summed E-state index contributed by atoms with van der Waals surface area (Å²) in [5.41, 5.74) is 2.00. The maximum Gasteiger partial charge on any atom is 0.277 e. The van der Waals surface area contributed by atoms with Gasteiger partial charge in [0.2, 0.25) is 0 Å². The van der Waals surface area contributed by atoms with Crippen molar-refractivity contribution in [1.29, 1.82) is 0 Å². The summed E-state index contributed by atoms with van der Waals surface area (Å²) in [6, 6.07) is 15.9. The highest BCUT2D eigenvalue weighted by Gasteiger charge is 2.16. The van der Waals surface area contributed by atoms with E-state index in [-0.39, 0.29) is 18.2 Å². The molecule has 9 nitrogen and oxygen atoms in total. The molecule has 0 aliphatic carbocycles. The second kappa shape index (κ2) is 8.68. The predicted octanol–water partition coefficient (Wildman–Crippen LogP) is 1.78. The monoisotopic (exact) mass is 405 g/mol. The van der Waals surface area contributed by atoms with Gasteiger partial charge in [-0.2, -0.15) is 5.10 Å². The van der Waals surface area contributed by atoms with E-state index in [9.17, 15) is 9.90 Å². The summed E-state index contributed by atoms with van der Waals surface area (Å²) in [5.74, 6) is 0.535. The summed E-state index contributed by atoms with van der Waals surface area (Å²) < 4.78 is 7.08. The van der Waals surface area contributed by atoms with E-state index in [1.54, 1.807) is 48.7 Å². The number of carbonyl (C=O) groups excluding carboxylic acids is 1. The number of fused-ring (bicyclic) bond motifs is 1. The van der Waals surface area contributed by atoms with Gasteiger partial charge in [-0.1, -0.05) is 18.2 Å². The van der Waals surface area contributed by atoms with Crippen LogP contribution in [0.3, 0.4) is 0 Å². The molecule has 4 rings (SSSR count). The number of rotatable bonds is 7. The number of pyridine rings is 1. The second-order valence-corrected chi connectivity index (χ2v) is 6.44. The van der Waals surface area contributed by atoms with Gasteiger partial charge < -0.3 is 20.3 Å². The fraction of sp³-hybridized carbons (Fsp3) is 0.143. The number of aliphatic hydroxyl groups is 2. The molecule has 0 aliphatic heterocycles. The lowest BCUT2D eigenvalue weighted by molar-refractivity contribution is 0.0538. The Morgan fingerprint density at radius 2 is 1.93 bits per heavy atom. The summed E-state index contributed by atoms with van der Waals surface area (Å²) in [6.07, 6.45) is 2.05. The highest BCUT2D eigenvalue weighted by Crippen LogP contribution is 2.28. The number of imidazole rings is 1. The topological polar surface area (TPSA) is 122 Å². The zero-order valence-corrected chi connectivity index (χ0v) is 15.8. The Morgan fingerprint density at radius 1 is 1.10 bits per heavy atom. The highest BCUT2D eigenvalue weighted by molar-refractivity contribution is 6.02. The number of hydrogen-bond donors (Lipinski definition) is 3. The number of amides is 1. The van der Waals surface area contributed by atoms with E-state index in [2.05, 4.69) is 20.4 Å². The molecule has 30 heavy (non-hydrogen) atoms.